The van der Waals surface area contributed by atoms with E-state index in [1.54, 1.807) is 30.3 Å². The van der Waals surface area contributed by atoms with Gasteiger partial charge in [-0.1, -0.05) is 0 Å². The smallest absolute Gasteiger partial charge is 0.254 e. The van der Waals surface area contributed by atoms with E-state index in [2.05, 4.69) is 4.98 Å². The molecule has 6 heteroatoms. The molecule has 1 saturated heterocycles. The fraction of sp³-hybridized carbons (Fsp3) is 0.562. The lowest BCUT2D eigenvalue weighted by Crippen LogP contribution is -2.51. The van der Waals surface area contributed by atoms with Gasteiger partial charge in [0.2, 0.25) is 5.91 Å². The molecule has 0 bridgehead atoms. The van der Waals surface area contributed by atoms with E-state index in [4.69, 9.17) is 10.5 Å². The van der Waals surface area contributed by atoms with Gasteiger partial charge in [-0.2, -0.15) is 0 Å². The molecule has 0 aromatic carbocycles. The molecule has 22 heavy (non-hydrogen) atoms. The van der Waals surface area contributed by atoms with Crippen molar-refractivity contribution in [1.82, 2.24) is 9.88 Å². The quantitative estimate of drug-likeness (QED) is 0.888. The summed E-state index contributed by atoms with van der Waals surface area (Å²) in [5.41, 5.74) is 6.21. The fourth-order valence-corrected chi connectivity index (χ4v) is 2.96. The second kappa shape index (κ2) is 6.87. The molecule has 2 N–H and O–H groups in total. The van der Waals surface area contributed by atoms with Crippen LogP contribution in [0.3, 0.4) is 0 Å². The minimum atomic E-state index is -0.481. The summed E-state index contributed by atoms with van der Waals surface area (Å²) in [6.07, 6.45) is 4.13. The Kier molecular flexibility index (Phi) is 5.13. The zero-order chi connectivity index (χ0) is 16.2. The first kappa shape index (κ1) is 16.4. The Hall–Kier alpha value is -1.95. The van der Waals surface area contributed by atoms with Crippen LogP contribution in [-0.2, 0) is 9.53 Å². The van der Waals surface area contributed by atoms with Crippen molar-refractivity contribution in [1.29, 1.82) is 0 Å². The molecule has 0 radical (unpaired) electrons. The molecule has 1 aliphatic heterocycles. The van der Waals surface area contributed by atoms with E-state index in [-0.39, 0.29) is 18.2 Å². The number of hydrogen-bond donors (Lipinski definition) is 1. The lowest BCUT2D eigenvalue weighted by molar-refractivity contribution is -0.120. The summed E-state index contributed by atoms with van der Waals surface area (Å²) in [5, 5.41) is 0. The number of pyridine rings is 1. The monoisotopic (exact) mass is 305 g/mol. The van der Waals surface area contributed by atoms with Gasteiger partial charge in [0.1, 0.15) is 0 Å². The Balaban J connectivity index is 2.11. The SMILES string of the molecule is COC1(CCC(N)=O)CCCN(C(=O)c2ccnc(C)c2)C1. The topological polar surface area (TPSA) is 85.5 Å². The third kappa shape index (κ3) is 3.82. The molecule has 2 heterocycles. The molecule has 6 nitrogen and oxygen atoms in total. The predicted molar refractivity (Wildman–Crippen MR) is 82.3 cm³/mol. The molecule has 0 saturated carbocycles. The first-order chi connectivity index (χ1) is 10.5. The zero-order valence-corrected chi connectivity index (χ0v) is 13.2. The Labute approximate surface area is 130 Å². The van der Waals surface area contributed by atoms with Crippen LogP contribution >= 0.6 is 0 Å². The molecular weight excluding hydrogens is 282 g/mol. The number of likely N-dealkylation sites (tertiary alicyclic amines) is 1. The Morgan fingerprint density at radius 3 is 2.91 bits per heavy atom. The summed E-state index contributed by atoms with van der Waals surface area (Å²) in [6, 6.07) is 3.51. The molecule has 1 aromatic rings. The normalized spacial score (nSPS) is 21.6. The molecule has 2 amide bonds. The van der Waals surface area contributed by atoms with Gasteiger partial charge in [-0.25, -0.2) is 0 Å². The maximum Gasteiger partial charge on any atom is 0.254 e. The second-order valence-corrected chi connectivity index (χ2v) is 5.87. The number of nitrogens with zero attached hydrogens (tertiary/aromatic N) is 2. The number of rotatable bonds is 5. The van der Waals surface area contributed by atoms with Crippen LogP contribution in [0, 0.1) is 6.92 Å². The van der Waals surface area contributed by atoms with Gasteiger partial charge in [0.15, 0.2) is 0 Å². The molecule has 1 unspecified atom stereocenters. The van der Waals surface area contributed by atoms with E-state index in [9.17, 15) is 9.59 Å². The molecule has 1 aliphatic rings. The molecule has 120 valence electrons. The Morgan fingerprint density at radius 2 is 2.27 bits per heavy atom. The van der Waals surface area contributed by atoms with Crippen molar-refractivity contribution in [3.8, 4) is 0 Å². The number of methoxy groups -OCH3 is 1. The molecule has 2 rings (SSSR count). The highest BCUT2D eigenvalue weighted by atomic mass is 16.5. The highest BCUT2D eigenvalue weighted by Gasteiger charge is 2.37. The van der Waals surface area contributed by atoms with Gasteiger partial charge < -0.3 is 15.4 Å². The molecule has 0 spiro atoms. The molecule has 1 atom stereocenters. The van der Waals surface area contributed by atoms with Gasteiger partial charge in [0.05, 0.1) is 5.60 Å². The van der Waals surface area contributed by atoms with Gasteiger partial charge in [-0.3, -0.25) is 14.6 Å². The number of primary amides is 1. The van der Waals surface area contributed by atoms with Crippen molar-refractivity contribution in [2.45, 2.75) is 38.2 Å². The molecule has 0 aliphatic carbocycles. The van der Waals surface area contributed by atoms with Crippen molar-refractivity contribution in [3.63, 3.8) is 0 Å². The first-order valence-electron chi connectivity index (χ1n) is 7.51. The number of hydrogen-bond acceptors (Lipinski definition) is 4. The van der Waals surface area contributed by atoms with Crippen molar-refractivity contribution in [3.05, 3.63) is 29.6 Å². The third-order valence-corrected chi connectivity index (χ3v) is 4.23. The minimum absolute atomic E-state index is 0.0225. The third-order valence-electron chi connectivity index (χ3n) is 4.23. The number of carbonyl (C=O) groups is 2. The predicted octanol–water partition coefficient (Wildman–Crippen LogP) is 1.28. The number of nitrogens with two attached hydrogens (primary N) is 1. The fourth-order valence-electron chi connectivity index (χ4n) is 2.96. The Morgan fingerprint density at radius 1 is 1.50 bits per heavy atom. The number of piperidine rings is 1. The largest absolute Gasteiger partial charge is 0.376 e. The highest BCUT2D eigenvalue weighted by molar-refractivity contribution is 5.94. The molecular formula is C16H23N3O3. The first-order valence-corrected chi connectivity index (χ1v) is 7.51. The summed E-state index contributed by atoms with van der Waals surface area (Å²) in [5.74, 6) is -0.365. The molecule has 1 fully saturated rings. The van der Waals surface area contributed by atoms with Gasteiger partial charge in [0.25, 0.3) is 5.91 Å². The summed E-state index contributed by atoms with van der Waals surface area (Å²) < 4.78 is 5.66. The summed E-state index contributed by atoms with van der Waals surface area (Å²) >= 11 is 0. The Bertz CT molecular complexity index is 561. The number of aryl methyl sites for hydroxylation is 1. The highest BCUT2D eigenvalue weighted by Crippen LogP contribution is 2.30. The van der Waals surface area contributed by atoms with Gasteiger partial charge in [-0.15, -0.1) is 0 Å². The van der Waals surface area contributed by atoms with Gasteiger partial charge >= 0.3 is 0 Å². The van der Waals surface area contributed by atoms with Crippen LogP contribution in [0.4, 0.5) is 0 Å². The van der Waals surface area contributed by atoms with Crippen LogP contribution in [0.1, 0.15) is 41.7 Å². The van der Waals surface area contributed by atoms with Crippen molar-refractivity contribution in [2.75, 3.05) is 20.2 Å². The standard InChI is InChI=1S/C16H23N3O3/c1-12-10-13(5-8-18-12)15(21)19-9-3-6-16(11-19,22-2)7-4-14(17)20/h5,8,10H,3-4,6-7,9,11H2,1-2H3,(H2,17,20). The number of aromatic nitrogens is 1. The second-order valence-electron chi connectivity index (χ2n) is 5.87. The average Bonchev–Trinajstić information content (AvgIpc) is 2.52. The summed E-state index contributed by atoms with van der Waals surface area (Å²) in [6.45, 7) is 3.04. The number of carbonyl (C=O) groups excluding carboxylic acids is 2. The van der Waals surface area contributed by atoms with E-state index < -0.39 is 5.60 Å². The van der Waals surface area contributed by atoms with Crippen molar-refractivity contribution in [2.24, 2.45) is 5.73 Å². The van der Waals surface area contributed by atoms with Gasteiger partial charge in [-0.05, 0) is 38.3 Å². The van der Waals surface area contributed by atoms with Crippen LogP contribution < -0.4 is 5.73 Å². The minimum Gasteiger partial charge on any atom is -0.376 e. The van der Waals surface area contributed by atoms with Crippen LogP contribution in [-0.4, -0.2) is 47.5 Å². The lowest BCUT2D eigenvalue weighted by atomic mass is 9.87. The van der Waals surface area contributed by atoms with Crippen molar-refractivity contribution >= 4 is 11.8 Å². The zero-order valence-electron chi connectivity index (χ0n) is 13.2. The van der Waals surface area contributed by atoms with Crippen LogP contribution in [0.15, 0.2) is 18.3 Å². The summed E-state index contributed by atoms with van der Waals surface area (Å²) in [4.78, 5) is 29.6. The summed E-state index contributed by atoms with van der Waals surface area (Å²) in [7, 11) is 1.63. The van der Waals surface area contributed by atoms with Gasteiger partial charge in [0, 0.05) is 44.1 Å². The van der Waals surface area contributed by atoms with E-state index in [1.165, 1.54) is 0 Å². The maximum absolute atomic E-state index is 12.6. The van der Waals surface area contributed by atoms with Crippen LogP contribution in [0.25, 0.3) is 0 Å². The van der Waals surface area contributed by atoms with E-state index >= 15 is 0 Å². The number of ether oxygens (including phenoxy) is 1. The van der Waals surface area contributed by atoms with Crippen molar-refractivity contribution < 1.29 is 14.3 Å². The molecule has 1 aromatic heterocycles. The van der Waals surface area contributed by atoms with Crippen LogP contribution in [0.5, 0.6) is 0 Å². The van der Waals surface area contributed by atoms with E-state index in [1.807, 2.05) is 6.92 Å². The average molecular weight is 305 g/mol. The van der Waals surface area contributed by atoms with E-state index in [0.29, 0.717) is 25.1 Å². The van der Waals surface area contributed by atoms with E-state index in [0.717, 1.165) is 18.5 Å². The lowest BCUT2D eigenvalue weighted by Gasteiger charge is -2.42. The number of amides is 2. The maximum atomic E-state index is 12.6. The van der Waals surface area contributed by atoms with Crippen LogP contribution in [0.2, 0.25) is 0 Å².